The molecule has 1 aromatic carbocycles. The zero-order valence-electron chi connectivity index (χ0n) is 15.6. The first-order valence-corrected chi connectivity index (χ1v) is 11.6. The van der Waals surface area contributed by atoms with Gasteiger partial charge in [-0.2, -0.15) is 17.5 Å². The molecule has 0 atom stereocenters. The highest BCUT2D eigenvalue weighted by Crippen LogP contribution is 2.30. The average Bonchev–Trinajstić information content (AvgIpc) is 3.06. The van der Waals surface area contributed by atoms with Crippen LogP contribution >= 0.6 is 23.1 Å². The van der Waals surface area contributed by atoms with Gasteiger partial charge in [0, 0.05) is 12.7 Å². The molecule has 9 nitrogen and oxygen atoms in total. The van der Waals surface area contributed by atoms with Crippen LogP contribution in [0.2, 0.25) is 0 Å². The summed E-state index contributed by atoms with van der Waals surface area (Å²) >= 11 is 2.00. The number of aromatic nitrogens is 2. The lowest BCUT2D eigenvalue weighted by Crippen LogP contribution is -2.34. The van der Waals surface area contributed by atoms with Crippen molar-refractivity contribution < 1.29 is 31.2 Å². The molecule has 0 spiro atoms. The van der Waals surface area contributed by atoms with Crippen molar-refractivity contribution >= 4 is 55.8 Å². The number of amides is 2. The summed E-state index contributed by atoms with van der Waals surface area (Å²) in [6, 6.07) is 4.03. The van der Waals surface area contributed by atoms with Crippen molar-refractivity contribution in [2.45, 2.75) is 10.5 Å². The number of thioether (sulfide) groups is 1. The minimum atomic E-state index is -4.45. The van der Waals surface area contributed by atoms with Gasteiger partial charge >= 0.3 is 6.18 Å². The van der Waals surface area contributed by atoms with Crippen LogP contribution in [0.15, 0.2) is 28.6 Å². The van der Waals surface area contributed by atoms with Crippen LogP contribution < -0.4 is 10.6 Å². The van der Waals surface area contributed by atoms with Crippen molar-refractivity contribution in [1.29, 1.82) is 0 Å². The van der Waals surface area contributed by atoms with Crippen LogP contribution in [0.3, 0.4) is 0 Å². The molecule has 164 valence electrons. The van der Waals surface area contributed by atoms with Gasteiger partial charge in [0.05, 0.1) is 24.1 Å². The van der Waals surface area contributed by atoms with Gasteiger partial charge in [-0.05, 0) is 24.3 Å². The molecular weight excluding hydrogens is 467 g/mol. The predicted octanol–water partition coefficient (Wildman–Crippen LogP) is 2.12. The summed E-state index contributed by atoms with van der Waals surface area (Å²) in [4.78, 5) is 23.8. The number of carbonyl (C=O) groups excluding carboxylic acids is 2. The molecule has 0 aliphatic rings. The number of hydrogen-bond acceptors (Lipinski definition) is 8. The van der Waals surface area contributed by atoms with Crippen molar-refractivity contribution in [3.8, 4) is 0 Å². The molecule has 1 aromatic heterocycles. The lowest BCUT2D eigenvalue weighted by atomic mass is 10.2. The van der Waals surface area contributed by atoms with Gasteiger partial charge in [-0.25, -0.2) is 8.42 Å². The summed E-state index contributed by atoms with van der Waals surface area (Å²) in [7, 11) is -2.25. The first kappa shape index (κ1) is 24.0. The van der Waals surface area contributed by atoms with E-state index in [-0.39, 0.29) is 16.6 Å². The number of hydrogen-bond donors (Lipinski definition) is 2. The Morgan fingerprint density at radius 3 is 2.33 bits per heavy atom. The quantitative estimate of drug-likeness (QED) is 0.436. The lowest BCUT2D eigenvalue weighted by Gasteiger charge is -2.12. The van der Waals surface area contributed by atoms with Crippen LogP contribution in [0.25, 0.3) is 0 Å². The van der Waals surface area contributed by atoms with E-state index < -0.39 is 40.1 Å². The molecule has 15 heteroatoms. The zero-order valence-corrected chi connectivity index (χ0v) is 18.0. The molecule has 2 rings (SSSR count). The third-order valence-corrected chi connectivity index (χ3v) is 6.64. The normalized spacial score (nSPS) is 12.1. The van der Waals surface area contributed by atoms with Gasteiger partial charge in [0.15, 0.2) is 4.34 Å². The first-order chi connectivity index (χ1) is 13.8. The SMILES string of the molecule is CN(CC(=O)Nc1nnc(SCC(=O)Nc2ccc(C(F)(F)F)cc2)s1)S(C)(=O)=O. The number of sulfonamides is 1. The molecule has 0 aliphatic heterocycles. The number of anilines is 2. The summed E-state index contributed by atoms with van der Waals surface area (Å²) in [5.74, 6) is -1.15. The second-order valence-electron chi connectivity index (χ2n) is 5.85. The molecule has 0 fully saturated rings. The maximum atomic E-state index is 12.5. The fourth-order valence-electron chi connectivity index (χ4n) is 1.86. The highest BCUT2D eigenvalue weighted by Gasteiger charge is 2.30. The topological polar surface area (TPSA) is 121 Å². The van der Waals surface area contributed by atoms with E-state index in [9.17, 15) is 31.2 Å². The van der Waals surface area contributed by atoms with Gasteiger partial charge in [0.2, 0.25) is 27.0 Å². The third kappa shape index (κ3) is 7.55. The van der Waals surface area contributed by atoms with E-state index in [2.05, 4.69) is 20.8 Å². The molecule has 0 unspecified atom stereocenters. The largest absolute Gasteiger partial charge is 0.416 e. The van der Waals surface area contributed by atoms with Crippen LogP contribution in [0, 0.1) is 0 Å². The van der Waals surface area contributed by atoms with Gasteiger partial charge < -0.3 is 5.32 Å². The monoisotopic (exact) mass is 483 g/mol. The van der Waals surface area contributed by atoms with E-state index in [0.717, 1.165) is 57.9 Å². The molecular formula is C15H16F3N5O4S3. The fraction of sp³-hybridized carbons (Fsp3) is 0.333. The van der Waals surface area contributed by atoms with E-state index in [0.29, 0.717) is 4.34 Å². The van der Waals surface area contributed by atoms with Crippen molar-refractivity contribution in [2.75, 3.05) is 36.2 Å². The Kier molecular flexibility index (Phi) is 7.79. The van der Waals surface area contributed by atoms with Crippen LogP contribution in [-0.2, 0) is 25.8 Å². The standard InChI is InChI=1S/C15H16F3N5O4S3/c1-23(30(2,26)27)7-11(24)20-13-21-22-14(29-13)28-8-12(25)19-10-5-3-9(4-6-10)15(16,17)18/h3-6H,7-8H2,1-2H3,(H,19,25)(H,20,21,24). The summed E-state index contributed by atoms with van der Waals surface area (Å²) in [5, 5.41) is 12.5. The first-order valence-electron chi connectivity index (χ1n) is 7.99. The molecule has 0 saturated carbocycles. The highest BCUT2D eigenvalue weighted by atomic mass is 32.2. The Bertz CT molecular complexity index is 1010. The van der Waals surface area contributed by atoms with Crippen molar-refractivity contribution in [2.24, 2.45) is 0 Å². The van der Waals surface area contributed by atoms with Gasteiger partial charge in [0.1, 0.15) is 0 Å². The highest BCUT2D eigenvalue weighted by molar-refractivity contribution is 8.01. The number of nitrogens with one attached hydrogen (secondary N) is 2. The second kappa shape index (κ2) is 9.72. The Morgan fingerprint density at radius 2 is 1.77 bits per heavy atom. The number of carbonyl (C=O) groups is 2. The number of likely N-dealkylation sites (N-methyl/N-ethyl adjacent to an activating group) is 1. The van der Waals surface area contributed by atoms with Crippen molar-refractivity contribution in [3.05, 3.63) is 29.8 Å². The molecule has 0 saturated heterocycles. The van der Waals surface area contributed by atoms with Gasteiger partial charge in [-0.15, -0.1) is 10.2 Å². The number of benzene rings is 1. The Morgan fingerprint density at radius 1 is 1.13 bits per heavy atom. The van der Waals surface area contributed by atoms with Crippen LogP contribution in [0.4, 0.5) is 24.0 Å². The molecule has 0 bridgehead atoms. The molecule has 2 aromatic rings. The predicted molar refractivity (Wildman–Crippen MR) is 107 cm³/mol. The minimum Gasteiger partial charge on any atom is -0.325 e. The number of alkyl halides is 3. The molecule has 0 aliphatic carbocycles. The van der Waals surface area contributed by atoms with Crippen LogP contribution in [0.1, 0.15) is 5.56 Å². The van der Waals surface area contributed by atoms with Crippen LogP contribution in [0.5, 0.6) is 0 Å². The third-order valence-electron chi connectivity index (χ3n) is 3.41. The van der Waals surface area contributed by atoms with E-state index in [1.54, 1.807) is 0 Å². The maximum Gasteiger partial charge on any atom is 0.416 e. The average molecular weight is 484 g/mol. The molecule has 0 radical (unpaired) electrons. The number of nitrogens with zero attached hydrogens (tertiary/aromatic N) is 3. The minimum absolute atomic E-state index is 0.0829. The Balaban J connectivity index is 1.82. The number of rotatable bonds is 8. The molecule has 30 heavy (non-hydrogen) atoms. The fourth-order valence-corrected chi connectivity index (χ4v) is 3.78. The summed E-state index contributed by atoms with van der Waals surface area (Å²) in [5.41, 5.74) is -0.602. The summed E-state index contributed by atoms with van der Waals surface area (Å²) in [6.45, 7) is -0.392. The van der Waals surface area contributed by atoms with Gasteiger partial charge in [-0.1, -0.05) is 23.1 Å². The summed E-state index contributed by atoms with van der Waals surface area (Å²) < 4.78 is 61.4. The number of halogens is 3. The Labute approximate surface area is 178 Å². The van der Waals surface area contributed by atoms with E-state index in [1.165, 1.54) is 7.05 Å². The lowest BCUT2D eigenvalue weighted by molar-refractivity contribution is -0.137. The maximum absolute atomic E-state index is 12.5. The summed E-state index contributed by atoms with van der Waals surface area (Å²) in [6.07, 6.45) is -3.49. The van der Waals surface area contributed by atoms with E-state index in [1.807, 2.05) is 0 Å². The van der Waals surface area contributed by atoms with E-state index in [4.69, 9.17) is 0 Å². The molecule has 1 heterocycles. The van der Waals surface area contributed by atoms with E-state index >= 15 is 0 Å². The van der Waals surface area contributed by atoms with Crippen molar-refractivity contribution in [3.63, 3.8) is 0 Å². The smallest absolute Gasteiger partial charge is 0.325 e. The van der Waals surface area contributed by atoms with Gasteiger partial charge in [-0.3, -0.25) is 14.9 Å². The second-order valence-corrected chi connectivity index (χ2v) is 10.1. The molecule has 2 amide bonds. The molecule has 2 N–H and O–H groups in total. The zero-order chi connectivity index (χ0) is 22.5. The van der Waals surface area contributed by atoms with Crippen molar-refractivity contribution in [1.82, 2.24) is 14.5 Å². The Hall–Kier alpha value is -2.23. The van der Waals surface area contributed by atoms with Crippen LogP contribution in [-0.4, -0.2) is 60.3 Å². The van der Waals surface area contributed by atoms with Gasteiger partial charge in [0.25, 0.3) is 0 Å².